The molecule has 0 fully saturated rings. The van der Waals surface area contributed by atoms with Gasteiger partial charge in [-0.15, -0.1) is 0 Å². The molecule has 2 rings (SSSR count). The van der Waals surface area contributed by atoms with Crippen molar-refractivity contribution in [3.05, 3.63) is 71.3 Å². The van der Waals surface area contributed by atoms with Crippen LogP contribution in [0.25, 0.3) is 0 Å². The van der Waals surface area contributed by atoms with Crippen LogP contribution in [0.2, 0.25) is 0 Å². The van der Waals surface area contributed by atoms with Gasteiger partial charge in [-0.1, -0.05) is 61.5 Å². The number of carboxylic acids is 1. The molecule has 2 aromatic carbocycles. The molecule has 0 radical (unpaired) electrons. The second-order valence-electron chi connectivity index (χ2n) is 5.78. The van der Waals surface area contributed by atoms with Gasteiger partial charge in [0.05, 0.1) is 6.61 Å². The zero-order chi connectivity index (χ0) is 19.2. The van der Waals surface area contributed by atoms with Crippen molar-refractivity contribution >= 4 is 11.9 Å². The predicted octanol–water partition coefficient (Wildman–Crippen LogP) is 3.11. The lowest BCUT2D eigenvalue weighted by molar-refractivity contribution is -0.305. The summed E-state index contributed by atoms with van der Waals surface area (Å²) in [7, 11) is 0. The summed E-state index contributed by atoms with van der Waals surface area (Å²) in [6, 6.07) is 17.7. The van der Waals surface area contributed by atoms with Crippen LogP contribution in [0.1, 0.15) is 43.4 Å². The van der Waals surface area contributed by atoms with Gasteiger partial charge in [-0.25, -0.2) is 0 Å². The molecule has 4 nitrogen and oxygen atoms in total. The molecule has 0 N–H and O–H groups in total. The van der Waals surface area contributed by atoms with Crippen LogP contribution in [0, 0.1) is 0 Å². The summed E-state index contributed by atoms with van der Waals surface area (Å²) in [5.74, 6) is -1.10. The van der Waals surface area contributed by atoms with Crippen molar-refractivity contribution in [1.29, 1.82) is 0 Å². The van der Waals surface area contributed by atoms with Gasteiger partial charge >= 0.3 is 5.97 Å². The fraction of sp³-hybridized carbons (Fsp3) is 0.364. The summed E-state index contributed by atoms with van der Waals surface area (Å²) >= 11 is 0. The minimum Gasteiger partial charge on any atom is -0.550 e. The zero-order valence-electron chi connectivity index (χ0n) is 15.6. The largest absolute Gasteiger partial charge is 0.550 e. The molecule has 0 amide bonds. The molecular weight excluding hydrogens is 328 g/mol. The first-order valence-electron chi connectivity index (χ1n) is 9.03. The molecule has 0 aliphatic heterocycles. The van der Waals surface area contributed by atoms with E-state index in [4.69, 9.17) is 4.74 Å². The normalized spacial score (nSPS) is 9.77. The van der Waals surface area contributed by atoms with Crippen LogP contribution in [0.5, 0.6) is 0 Å². The second-order valence-corrected chi connectivity index (χ2v) is 5.78. The number of esters is 1. The van der Waals surface area contributed by atoms with Gasteiger partial charge in [0, 0.05) is 12.4 Å². The topological polar surface area (TPSA) is 66.4 Å². The molecular formula is C22H27O4-. The molecule has 0 aromatic heterocycles. The van der Waals surface area contributed by atoms with Crippen LogP contribution in [0.3, 0.4) is 0 Å². The van der Waals surface area contributed by atoms with E-state index in [2.05, 4.69) is 19.1 Å². The molecule has 0 saturated heterocycles. The Morgan fingerprint density at radius 1 is 0.846 bits per heavy atom. The lowest BCUT2D eigenvalue weighted by Crippen LogP contribution is -2.22. The number of hydrogen-bond acceptors (Lipinski definition) is 4. The van der Waals surface area contributed by atoms with Gasteiger partial charge in [-0.2, -0.15) is 0 Å². The number of rotatable bonds is 8. The first-order chi connectivity index (χ1) is 12.6. The van der Waals surface area contributed by atoms with E-state index in [9.17, 15) is 14.7 Å². The maximum Gasteiger partial charge on any atom is 0.306 e. The summed E-state index contributed by atoms with van der Waals surface area (Å²) in [4.78, 5) is 21.3. The minimum absolute atomic E-state index is 0.101. The van der Waals surface area contributed by atoms with Gasteiger partial charge in [0.1, 0.15) is 0 Å². The summed E-state index contributed by atoms with van der Waals surface area (Å²) in [6.07, 6.45) is 2.93. The highest BCUT2D eigenvalue weighted by atomic mass is 16.5. The number of hydrogen-bond donors (Lipinski definition) is 0. The van der Waals surface area contributed by atoms with E-state index >= 15 is 0 Å². The standard InChI is InChI=1S/C13H18O2.C9H10O2/c1-3-11-7-5-6-8-12(11)9-10-13(14)15-4-2;10-9(11)7-6-8-4-2-1-3-5-8/h5-8H,3-4,9-10H2,1-2H3;1-5H,6-7H2,(H,10,11)/p-1. The fourth-order valence-corrected chi connectivity index (χ4v) is 2.51. The van der Waals surface area contributed by atoms with Crippen molar-refractivity contribution in [1.82, 2.24) is 0 Å². The van der Waals surface area contributed by atoms with Crippen molar-refractivity contribution in [2.45, 2.75) is 46.0 Å². The third kappa shape index (κ3) is 9.02. The number of aryl methyl sites for hydroxylation is 3. The maximum absolute atomic E-state index is 11.2. The Balaban J connectivity index is 0.000000273. The van der Waals surface area contributed by atoms with Crippen LogP contribution in [-0.4, -0.2) is 18.5 Å². The first kappa shape index (κ1) is 21.4. The highest BCUT2D eigenvalue weighted by molar-refractivity contribution is 5.69. The van der Waals surface area contributed by atoms with Gasteiger partial charge in [-0.05, 0) is 49.3 Å². The van der Waals surface area contributed by atoms with E-state index < -0.39 is 5.97 Å². The molecule has 0 atom stereocenters. The second kappa shape index (κ2) is 12.7. The summed E-state index contributed by atoms with van der Waals surface area (Å²) in [6.45, 7) is 4.43. The van der Waals surface area contributed by atoms with Crippen LogP contribution in [0.4, 0.5) is 0 Å². The van der Waals surface area contributed by atoms with Gasteiger partial charge in [0.2, 0.25) is 0 Å². The number of benzene rings is 2. The van der Waals surface area contributed by atoms with Crippen LogP contribution in [-0.2, 0) is 33.6 Å². The smallest absolute Gasteiger partial charge is 0.306 e. The van der Waals surface area contributed by atoms with Gasteiger partial charge < -0.3 is 14.6 Å². The van der Waals surface area contributed by atoms with E-state index in [1.807, 2.05) is 49.4 Å². The number of carbonyl (C=O) groups is 2. The SMILES string of the molecule is CCOC(=O)CCc1ccccc1CC.O=C([O-])CCc1ccccc1. The molecule has 0 saturated carbocycles. The van der Waals surface area contributed by atoms with Crippen LogP contribution >= 0.6 is 0 Å². The number of ether oxygens (including phenoxy) is 1. The lowest BCUT2D eigenvalue weighted by Gasteiger charge is -2.06. The Morgan fingerprint density at radius 2 is 1.46 bits per heavy atom. The van der Waals surface area contributed by atoms with Crippen molar-refractivity contribution in [3.63, 3.8) is 0 Å². The third-order valence-electron chi connectivity index (χ3n) is 3.86. The maximum atomic E-state index is 11.2. The van der Waals surface area contributed by atoms with Crippen LogP contribution in [0.15, 0.2) is 54.6 Å². The molecule has 26 heavy (non-hydrogen) atoms. The third-order valence-corrected chi connectivity index (χ3v) is 3.86. The Labute approximate surface area is 155 Å². The molecule has 0 aliphatic carbocycles. The average molecular weight is 355 g/mol. The zero-order valence-corrected chi connectivity index (χ0v) is 15.6. The summed E-state index contributed by atoms with van der Waals surface area (Å²) < 4.78 is 4.90. The monoisotopic (exact) mass is 355 g/mol. The fourth-order valence-electron chi connectivity index (χ4n) is 2.51. The minimum atomic E-state index is -0.992. The van der Waals surface area contributed by atoms with E-state index in [1.165, 1.54) is 11.1 Å². The molecule has 2 aromatic rings. The lowest BCUT2D eigenvalue weighted by atomic mass is 10.0. The summed E-state index contributed by atoms with van der Waals surface area (Å²) in [5.41, 5.74) is 3.62. The number of aliphatic carboxylic acids is 1. The Morgan fingerprint density at radius 3 is 2.04 bits per heavy atom. The van der Waals surface area contributed by atoms with Crippen LogP contribution < -0.4 is 5.11 Å². The van der Waals surface area contributed by atoms with Gasteiger partial charge in [0.25, 0.3) is 0 Å². The van der Waals surface area contributed by atoms with Gasteiger partial charge in [-0.3, -0.25) is 4.79 Å². The molecule has 140 valence electrons. The van der Waals surface area contributed by atoms with Crippen molar-refractivity contribution in [2.75, 3.05) is 6.61 Å². The first-order valence-corrected chi connectivity index (χ1v) is 9.03. The Kier molecular flexibility index (Phi) is 10.5. The number of carboxylic acid groups (broad SMARTS) is 1. The molecule has 0 heterocycles. The van der Waals surface area contributed by atoms with Gasteiger partial charge in [0.15, 0.2) is 0 Å². The van der Waals surface area contributed by atoms with E-state index in [1.54, 1.807) is 0 Å². The highest BCUT2D eigenvalue weighted by Gasteiger charge is 2.04. The molecule has 0 aliphatic rings. The van der Waals surface area contributed by atoms with E-state index in [0.717, 1.165) is 18.4 Å². The summed E-state index contributed by atoms with van der Waals surface area (Å²) in [5, 5.41) is 10.1. The van der Waals surface area contributed by atoms with Crippen molar-refractivity contribution in [2.24, 2.45) is 0 Å². The molecule has 0 unspecified atom stereocenters. The van der Waals surface area contributed by atoms with E-state index in [0.29, 0.717) is 19.4 Å². The predicted molar refractivity (Wildman–Crippen MR) is 101 cm³/mol. The van der Waals surface area contributed by atoms with Crippen molar-refractivity contribution < 1.29 is 19.4 Å². The van der Waals surface area contributed by atoms with E-state index in [-0.39, 0.29) is 12.4 Å². The average Bonchev–Trinajstić information content (AvgIpc) is 2.66. The molecule has 0 bridgehead atoms. The highest BCUT2D eigenvalue weighted by Crippen LogP contribution is 2.11. The quantitative estimate of drug-likeness (QED) is 0.683. The Bertz CT molecular complexity index is 665. The Hall–Kier alpha value is -2.62. The molecule has 0 spiro atoms. The molecule has 4 heteroatoms. The van der Waals surface area contributed by atoms with Crippen molar-refractivity contribution in [3.8, 4) is 0 Å². The number of carbonyl (C=O) groups excluding carboxylic acids is 2.